The highest BCUT2D eigenvalue weighted by atomic mass is 16.4. The molecule has 0 aliphatic rings. The monoisotopic (exact) mass is 231 g/mol. The maximum atomic E-state index is 10.7. The molecular formula is C13H13NO3. The number of nitrogens with zero attached hydrogens (tertiary/aromatic N) is 1. The Morgan fingerprint density at radius 2 is 1.94 bits per heavy atom. The second-order valence-electron chi connectivity index (χ2n) is 3.90. The van der Waals surface area contributed by atoms with Crippen LogP contribution in [0.1, 0.15) is 0 Å². The van der Waals surface area contributed by atoms with Gasteiger partial charge in [0.15, 0.2) is 0 Å². The number of hydrogen-bond donors (Lipinski definition) is 2. The molecule has 0 saturated heterocycles. The van der Waals surface area contributed by atoms with E-state index in [1.165, 1.54) is 4.90 Å². The van der Waals surface area contributed by atoms with Crippen LogP contribution in [0.5, 0.6) is 5.75 Å². The van der Waals surface area contributed by atoms with E-state index in [0.29, 0.717) is 5.69 Å². The molecule has 4 heteroatoms. The van der Waals surface area contributed by atoms with Gasteiger partial charge in [0.25, 0.3) is 0 Å². The molecule has 2 aromatic rings. The van der Waals surface area contributed by atoms with Crippen molar-refractivity contribution in [3.63, 3.8) is 0 Å². The Labute approximate surface area is 98.7 Å². The van der Waals surface area contributed by atoms with Crippen molar-refractivity contribution >= 4 is 22.4 Å². The normalized spacial score (nSPS) is 10.4. The summed E-state index contributed by atoms with van der Waals surface area (Å²) < 4.78 is 0. The third kappa shape index (κ3) is 2.15. The molecule has 0 aliphatic carbocycles. The molecule has 88 valence electrons. The zero-order valence-corrected chi connectivity index (χ0v) is 9.42. The molecule has 0 aliphatic heterocycles. The number of carbonyl (C=O) groups is 1. The Balaban J connectivity index is 2.58. The topological polar surface area (TPSA) is 60.8 Å². The molecule has 0 fully saturated rings. The number of aliphatic carboxylic acids is 1. The number of hydrogen-bond acceptors (Lipinski definition) is 3. The second kappa shape index (κ2) is 4.33. The van der Waals surface area contributed by atoms with Crippen molar-refractivity contribution in [2.45, 2.75) is 0 Å². The molecule has 0 heterocycles. The Morgan fingerprint density at radius 1 is 1.24 bits per heavy atom. The molecule has 0 unspecified atom stereocenters. The minimum absolute atomic E-state index is 0.0902. The number of likely N-dealkylation sites (N-methyl/N-ethyl adjacent to an activating group) is 1. The Kier molecular flexibility index (Phi) is 2.87. The smallest absolute Gasteiger partial charge is 0.323 e. The van der Waals surface area contributed by atoms with E-state index in [-0.39, 0.29) is 12.3 Å². The number of benzene rings is 2. The summed E-state index contributed by atoms with van der Waals surface area (Å²) in [5, 5.41) is 20.5. The van der Waals surface area contributed by atoms with E-state index in [0.717, 1.165) is 10.8 Å². The highest BCUT2D eigenvalue weighted by Gasteiger charge is 2.13. The molecule has 4 nitrogen and oxygen atoms in total. The van der Waals surface area contributed by atoms with Crippen molar-refractivity contribution in [2.75, 3.05) is 18.5 Å². The van der Waals surface area contributed by atoms with Crippen molar-refractivity contribution in [1.29, 1.82) is 0 Å². The van der Waals surface area contributed by atoms with Gasteiger partial charge in [-0.05, 0) is 11.5 Å². The lowest BCUT2D eigenvalue weighted by Crippen LogP contribution is -2.25. The van der Waals surface area contributed by atoms with Crippen LogP contribution in [0.2, 0.25) is 0 Å². The average molecular weight is 231 g/mol. The van der Waals surface area contributed by atoms with E-state index in [4.69, 9.17) is 5.11 Å². The van der Waals surface area contributed by atoms with Gasteiger partial charge in [0, 0.05) is 12.4 Å². The summed E-state index contributed by atoms with van der Waals surface area (Å²) >= 11 is 0. The highest BCUT2D eigenvalue weighted by Crippen LogP contribution is 2.34. The summed E-state index contributed by atoms with van der Waals surface area (Å²) in [5.41, 5.74) is 0.547. The first-order valence-electron chi connectivity index (χ1n) is 5.23. The van der Waals surface area contributed by atoms with Gasteiger partial charge in [-0.2, -0.15) is 0 Å². The van der Waals surface area contributed by atoms with Crippen LogP contribution in [0.4, 0.5) is 5.69 Å². The standard InChI is InChI=1S/C13H13NO3/c1-14(8-12(16)17)13-10-5-3-2-4-9(10)6-7-11(13)15/h2-7,15H,8H2,1H3,(H,16,17). The minimum atomic E-state index is -0.931. The number of fused-ring (bicyclic) bond motifs is 1. The average Bonchev–Trinajstić information content (AvgIpc) is 2.27. The van der Waals surface area contributed by atoms with Gasteiger partial charge >= 0.3 is 5.97 Å². The van der Waals surface area contributed by atoms with Gasteiger partial charge in [-0.25, -0.2) is 0 Å². The van der Waals surface area contributed by atoms with Crippen LogP contribution in [0.25, 0.3) is 10.8 Å². The molecule has 0 aromatic heterocycles. The molecule has 17 heavy (non-hydrogen) atoms. The molecule has 0 amide bonds. The molecule has 0 spiro atoms. The number of phenolic OH excluding ortho intramolecular Hbond substituents is 1. The fourth-order valence-electron chi connectivity index (χ4n) is 1.93. The van der Waals surface area contributed by atoms with E-state index < -0.39 is 5.97 Å². The summed E-state index contributed by atoms with van der Waals surface area (Å²) in [4.78, 5) is 12.2. The van der Waals surface area contributed by atoms with Crippen LogP contribution < -0.4 is 4.90 Å². The largest absolute Gasteiger partial charge is 0.506 e. The number of phenols is 1. The van der Waals surface area contributed by atoms with E-state index in [1.54, 1.807) is 13.1 Å². The highest BCUT2D eigenvalue weighted by molar-refractivity contribution is 5.98. The van der Waals surface area contributed by atoms with Gasteiger partial charge in [0.2, 0.25) is 0 Å². The molecule has 2 rings (SSSR count). The molecular weight excluding hydrogens is 218 g/mol. The van der Waals surface area contributed by atoms with Crippen molar-refractivity contribution in [1.82, 2.24) is 0 Å². The second-order valence-corrected chi connectivity index (χ2v) is 3.90. The maximum Gasteiger partial charge on any atom is 0.323 e. The minimum Gasteiger partial charge on any atom is -0.506 e. The Morgan fingerprint density at radius 3 is 2.65 bits per heavy atom. The van der Waals surface area contributed by atoms with E-state index in [2.05, 4.69) is 0 Å². The zero-order chi connectivity index (χ0) is 12.4. The van der Waals surface area contributed by atoms with Crippen molar-refractivity contribution in [3.8, 4) is 5.75 Å². The lowest BCUT2D eigenvalue weighted by Gasteiger charge is -2.20. The first kappa shape index (κ1) is 11.3. The third-order valence-electron chi connectivity index (χ3n) is 2.63. The predicted octanol–water partition coefficient (Wildman–Crippen LogP) is 2.07. The Hall–Kier alpha value is -2.23. The fraction of sp³-hybridized carbons (Fsp3) is 0.154. The third-order valence-corrected chi connectivity index (χ3v) is 2.63. The van der Waals surface area contributed by atoms with Crippen LogP contribution in [0.3, 0.4) is 0 Å². The number of anilines is 1. The number of carboxylic acid groups (broad SMARTS) is 1. The summed E-state index contributed by atoms with van der Waals surface area (Å²) in [6.07, 6.45) is 0. The fourth-order valence-corrected chi connectivity index (χ4v) is 1.93. The van der Waals surface area contributed by atoms with Crippen LogP contribution in [-0.2, 0) is 4.79 Å². The number of aromatic hydroxyl groups is 1. The molecule has 0 bridgehead atoms. The van der Waals surface area contributed by atoms with Gasteiger partial charge < -0.3 is 15.1 Å². The van der Waals surface area contributed by atoms with Gasteiger partial charge in [0.05, 0.1) is 5.69 Å². The maximum absolute atomic E-state index is 10.7. The summed E-state index contributed by atoms with van der Waals surface area (Å²) in [6, 6.07) is 10.9. The number of rotatable bonds is 3. The van der Waals surface area contributed by atoms with Crippen LogP contribution in [0, 0.1) is 0 Å². The number of carboxylic acids is 1. The van der Waals surface area contributed by atoms with Crippen LogP contribution >= 0.6 is 0 Å². The van der Waals surface area contributed by atoms with Crippen molar-refractivity contribution < 1.29 is 15.0 Å². The molecule has 2 aromatic carbocycles. The van der Waals surface area contributed by atoms with E-state index in [1.807, 2.05) is 30.3 Å². The Bertz CT molecular complexity index is 566. The summed E-state index contributed by atoms with van der Waals surface area (Å²) in [6.45, 7) is -0.151. The summed E-state index contributed by atoms with van der Waals surface area (Å²) in [7, 11) is 1.65. The molecule has 0 atom stereocenters. The zero-order valence-electron chi connectivity index (χ0n) is 9.42. The lowest BCUT2D eigenvalue weighted by molar-refractivity contribution is -0.135. The van der Waals surface area contributed by atoms with Crippen LogP contribution in [-0.4, -0.2) is 29.8 Å². The first-order valence-corrected chi connectivity index (χ1v) is 5.23. The quantitative estimate of drug-likeness (QED) is 0.848. The lowest BCUT2D eigenvalue weighted by atomic mass is 10.1. The van der Waals surface area contributed by atoms with Gasteiger partial charge in [-0.1, -0.05) is 30.3 Å². The van der Waals surface area contributed by atoms with Crippen LogP contribution in [0.15, 0.2) is 36.4 Å². The molecule has 2 N–H and O–H groups in total. The molecule has 0 radical (unpaired) electrons. The van der Waals surface area contributed by atoms with E-state index in [9.17, 15) is 9.90 Å². The van der Waals surface area contributed by atoms with Gasteiger partial charge in [-0.3, -0.25) is 4.79 Å². The SMILES string of the molecule is CN(CC(=O)O)c1c(O)ccc2ccccc12. The van der Waals surface area contributed by atoms with Crippen molar-refractivity contribution in [3.05, 3.63) is 36.4 Å². The van der Waals surface area contributed by atoms with Gasteiger partial charge in [-0.15, -0.1) is 0 Å². The van der Waals surface area contributed by atoms with Crippen molar-refractivity contribution in [2.24, 2.45) is 0 Å². The predicted molar refractivity (Wildman–Crippen MR) is 66.5 cm³/mol. The molecule has 0 saturated carbocycles. The summed E-state index contributed by atoms with van der Waals surface area (Å²) in [5.74, 6) is -0.840. The van der Waals surface area contributed by atoms with E-state index >= 15 is 0 Å². The first-order chi connectivity index (χ1) is 8.09. The van der Waals surface area contributed by atoms with Gasteiger partial charge in [0.1, 0.15) is 12.3 Å².